The summed E-state index contributed by atoms with van der Waals surface area (Å²) in [5, 5.41) is 24.2. The van der Waals surface area contributed by atoms with E-state index in [1.54, 1.807) is 24.3 Å². The molecule has 0 saturated carbocycles. The normalized spacial score (nSPS) is 10.9. The van der Waals surface area contributed by atoms with Crippen LogP contribution in [0.3, 0.4) is 0 Å². The summed E-state index contributed by atoms with van der Waals surface area (Å²) in [5.41, 5.74) is 4.10. The van der Waals surface area contributed by atoms with Crippen LogP contribution in [0.15, 0.2) is 66.7 Å². The number of imidazole rings is 1. The van der Waals surface area contributed by atoms with Crippen LogP contribution in [0.4, 0.5) is 11.4 Å². The van der Waals surface area contributed by atoms with Crippen molar-refractivity contribution in [3.05, 3.63) is 88.0 Å². The highest BCUT2D eigenvalue weighted by Crippen LogP contribution is 2.27. The maximum absolute atomic E-state index is 12.2. The predicted octanol–water partition coefficient (Wildman–Crippen LogP) is 4.73. The van der Waals surface area contributed by atoms with Gasteiger partial charge in [0, 0.05) is 29.8 Å². The number of hydrogen-bond donors (Lipinski definition) is 2. The second-order valence-corrected chi connectivity index (χ2v) is 7.29. The zero-order valence-corrected chi connectivity index (χ0v) is 16.8. The number of carbonyl (C=O) groups is 1. The number of nitro benzene ring substituents is 1. The zero-order chi connectivity index (χ0) is 22.0. The molecule has 31 heavy (non-hydrogen) atoms. The molecule has 0 aliphatic heterocycles. The van der Waals surface area contributed by atoms with Gasteiger partial charge in [-0.3, -0.25) is 14.9 Å². The molecule has 1 amide bonds. The van der Waals surface area contributed by atoms with Crippen molar-refractivity contribution >= 4 is 28.3 Å². The molecule has 0 unspecified atom stereocenters. The summed E-state index contributed by atoms with van der Waals surface area (Å²) < 4.78 is 0.831. The lowest BCUT2D eigenvalue weighted by Crippen LogP contribution is -2.12. The van der Waals surface area contributed by atoms with Crippen LogP contribution >= 0.6 is 0 Å². The van der Waals surface area contributed by atoms with Crippen molar-refractivity contribution in [1.82, 2.24) is 9.71 Å². The summed E-state index contributed by atoms with van der Waals surface area (Å²) in [7, 11) is 0. The van der Waals surface area contributed by atoms with E-state index in [0.29, 0.717) is 29.6 Å². The van der Waals surface area contributed by atoms with Crippen LogP contribution in [0.1, 0.15) is 17.5 Å². The largest absolute Gasteiger partial charge is 0.426 e. The second-order valence-electron chi connectivity index (χ2n) is 7.29. The van der Waals surface area contributed by atoms with Crippen molar-refractivity contribution in [1.29, 1.82) is 0 Å². The van der Waals surface area contributed by atoms with Gasteiger partial charge in [0.25, 0.3) is 5.69 Å². The van der Waals surface area contributed by atoms with Crippen molar-refractivity contribution in [2.45, 2.75) is 19.8 Å². The number of fused-ring (bicyclic) bond motifs is 1. The number of carbonyl (C=O) groups excluding carboxylic acids is 1. The Morgan fingerprint density at radius 3 is 2.48 bits per heavy atom. The molecule has 2 N–H and O–H groups in total. The molecular formula is C23H20N4O4. The third-order valence-electron chi connectivity index (χ3n) is 5.01. The van der Waals surface area contributed by atoms with Crippen LogP contribution in [0.2, 0.25) is 0 Å². The number of non-ortho nitro benzene ring substituents is 1. The van der Waals surface area contributed by atoms with E-state index >= 15 is 0 Å². The third kappa shape index (κ3) is 4.37. The molecule has 0 atom stereocenters. The first-order valence-corrected chi connectivity index (χ1v) is 9.73. The monoisotopic (exact) mass is 416 g/mol. The first-order chi connectivity index (χ1) is 14.9. The van der Waals surface area contributed by atoms with E-state index in [2.05, 4.69) is 10.3 Å². The number of aryl methyl sites for hydroxylation is 2. The van der Waals surface area contributed by atoms with Gasteiger partial charge in [0.2, 0.25) is 5.91 Å². The number of rotatable bonds is 6. The summed E-state index contributed by atoms with van der Waals surface area (Å²) >= 11 is 0. The van der Waals surface area contributed by atoms with Crippen molar-refractivity contribution in [2.24, 2.45) is 0 Å². The molecular weight excluding hydrogens is 396 g/mol. The Morgan fingerprint density at radius 2 is 1.81 bits per heavy atom. The van der Waals surface area contributed by atoms with Gasteiger partial charge in [-0.2, -0.15) is 4.73 Å². The van der Waals surface area contributed by atoms with Crippen LogP contribution in [0, 0.1) is 17.0 Å². The van der Waals surface area contributed by atoms with Crippen molar-refractivity contribution in [2.75, 3.05) is 5.32 Å². The molecule has 3 aromatic carbocycles. The Morgan fingerprint density at radius 1 is 1.10 bits per heavy atom. The van der Waals surface area contributed by atoms with E-state index in [9.17, 15) is 20.1 Å². The lowest BCUT2D eigenvalue weighted by molar-refractivity contribution is -0.384. The van der Waals surface area contributed by atoms with Crippen molar-refractivity contribution in [3.63, 3.8) is 0 Å². The van der Waals surface area contributed by atoms with Gasteiger partial charge in [-0.1, -0.05) is 29.8 Å². The van der Waals surface area contributed by atoms with Gasteiger partial charge in [-0.25, -0.2) is 4.98 Å². The molecule has 0 radical (unpaired) electrons. The van der Waals surface area contributed by atoms with Gasteiger partial charge in [-0.05, 0) is 49.2 Å². The minimum absolute atomic E-state index is 0.0879. The predicted molar refractivity (Wildman–Crippen MR) is 117 cm³/mol. The number of hydrogen-bond acceptors (Lipinski definition) is 5. The molecule has 156 valence electrons. The highest BCUT2D eigenvalue weighted by Gasteiger charge is 2.16. The fraction of sp³-hybridized carbons (Fsp3) is 0.130. The number of benzene rings is 3. The average molecular weight is 416 g/mol. The Labute approximate surface area is 177 Å². The van der Waals surface area contributed by atoms with E-state index in [0.717, 1.165) is 10.3 Å². The van der Waals surface area contributed by atoms with Gasteiger partial charge in [0.15, 0.2) is 5.82 Å². The number of anilines is 1. The molecule has 0 aliphatic carbocycles. The maximum atomic E-state index is 12.2. The Kier molecular flexibility index (Phi) is 5.36. The molecule has 0 bridgehead atoms. The minimum Gasteiger partial charge on any atom is -0.426 e. The molecule has 1 aromatic heterocycles. The first-order valence-electron chi connectivity index (χ1n) is 9.73. The summed E-state index contributed by atoms with van der Waals surface area (Å²) in [6, 6.07) is 19.1. The topological polar surface area (TPSA) is 110 Å². The molecule has 4 aromatic rings. The number of nitro groups is 1. The number of aromatic nitrogens is 2. The standard InChI is InChI=1S/C23H20N4O4/c1-15-2-4-16(5-3-15)6-13-22(28)24-18-9-7-17(8-10-18)23-25-20-12-11-19(27(30)31)14-21(20)26(23)29/h2-5,7-12,14,29H,6,13H2,1H3,(H,24,28). The van der Waals surface area contributed by atoms with Crippen molar-refractivity contribution < 1.29 is 14.9 Å². The number of amides is 1. The second kappa shape index (κ2) is 8.27. The molecule has 4 rings (SSSR count). The van der Waals surface area contributed by atoms with Gasteiger partial charge < -0.3 is 10.5 Å². The molecule has 0 saturated heterocycles. The van der Waals surface area contributed by atoms with E-state index < -0.39 is 4.92 Å². The van der Waals surface area contributed by atoms with Gasteiger partial charge >= 0.3 is 0 Å². The fourth-order valence-electron chi connectivity index (χ4n) is 3.29. The quantitative estimate of drug-likeness (QED) is 0.268. The summed E-state index contributed by atoms with van der Waals surface area (Å²) in [4.78, 5) is 27.0. The van der Waals surface area contributed by atoms with Gasteiger partial charge in [0.1, 0.15) is 5.52 Å². The molecule has 0 aliphatic rings. The molecule has 8 heteroatoms. The van der Waals surface area contributed by atoms with E-state index in [-0.39, 0.29) is 22.9 Å². The van der Waals surface area contributed by atoms with Crippen LogP contribution < -0.4 is 5.32 Å². The smallest absolute Gasteiger partial charge is 0.271 e. The van der Waals surface area contributed by atoms with Gasteiger partial charge in [0.05, 0.1) is 10.4 Å². The van der Waals surface area contributed by atoms with E-state index in [1.165, 1.54) is 23.8 Å². The fourth-order valence-corrected chi connectivity index (χ4v) is 3.29. The SMILES string of the molecule is Cc1ccc(CCC(=O)Nc2ccc(-c3nc4ccc([N+](=O)[O-])cc4n3O)cc2)cc1. The molecule has 1 heterocycles. The molecule has 0 spiro atoms. The van der Waals surface area contributed by atoms with Crippen LogP contribution in [-0.4, -0.2) is 25.8 Å². The average Bonchev–Trinajstić information content (AvgIpc) is 3.10. The van der Waals surface area contributed by atoms with E-state index in [4.69, 9.17) is 0 Å². The number of nitrogens with zero attached hydrogens (tertiary/aromatic N) is 3. The summed E-state index contributed by atoms with van der Waals surface area (Å²) in [6.07, 6.45) is 1.03. The lowest BCUT2D eigenvalue weighted by Gasteiger charge is -2.07. The van der Waals surface area contributed by atoms with Crippen molar-refractivity contribution in [3.8, 4) is 11.4 Å². The Hall–Kier alpha value is -4.20. The lowest BCUT2D eigenvalue weighted by atomic mass is 10.1. The Bertz CT molecular complexity index is 1260. The zero-order valence-electron chi connectivity index (χ0n) is 16.8. The minimum atomic E-state index is -0.525. The number of nitrogens with one attached hydrogen (secondary N) is 1. The van der Waals surface area contributed by atoms with E-state index in [1.807, 2.05) is 31.2 Å². The third-order valence-corrected chi connectivity index (χ3v) is 5.01. The van der Waals surface area contributed by atoms with Crippen LogP contribution in [0.25, 0.3) is 22.4 Å². The van der Waals surface area contributed by atoms with Crippen LogP contribution in [-0.2, 0) is 11.2 Å². The Balaban J connectivity index is 1.45. The first kappa shape index (κ1) is 20.1. The molecule has 8 nitrogen and oxygen atoms in total. The molecule has 0 fully saturated rings. The summed E-state index contributed by atoms with van der Waals surface area (Å²) in [6.45, 7) is 2.02. The van der Waals surface area contributed by atoms with Crippen LogP contribution in [0.5, 0.6) is 0 Å². The maximum Gasteiger partial charge on any atom is 0.271 e. The van der Waals surface area contributed by atoms with Gasteiger partial charge in [-0.15, -0.1) is 0 Å². The highest BCUT2D eigenvalue weighted by molar-refractivity contribution is 5.91. The highest BCUT2D eigenvalue weighted by atomic mass is 16.6. The summed E-state index contributed by atoms with van der Waals surface area (Å²) in [5.74, 6) is 0.169.